The van der Waals surface area contributed by atoms with Crippen LogP contribution in [0.15, 0.2) is 60.8 Å². The zero-order chi connectivity index (χ0) is 20.4. The highest BCUT2D eigenvalue weighted by Gasteiger charge is 2.38. The summed E-state index contributed by atoms with van der Waals surface area (Å²) in [5.74, 6) is -0.680. The fourth-order valence-corrected chi connectivity index (χ4v) is 3.55. The van der Waals surface area contributed by atoms with E-state index in [-0.39, 0.29) is 24.8 Å². The van der Waals surface area contributed by atoms with E-state index in [1.807, 2.05) is 72.4 Å². The largest absolute Gasteiger partial charge is 0.350 e. The van der Waals surface area contributed by atoms with Crippen molar-refractivity contribution in [3.05, 3.63) is 66.4 Å². The normalized spacial score (nSPS) is 16.3. The first kappa shape index (κ1) is 18.7. The highest BCUT2D eigenvalue weighted by atomic mass is 16.2. The summed E-state index contributed by atoms with van der Waals surface area (Å²) in [6.07, 6.45) is 2.43. The summed E-state index contributed by atoms with van der Waals surface area (Å²) in [5, 5.41) is 6.51. The van der Waals surface area contributed by atoms with Crippen molar-refractivity contribution in [3.8, 4) is 0 Å². The molecule has 1 aliphatic heterocycles. The maximum absolute atomic E-state index is 12.6. The lowest BCUT2D eigenvalue weighted by Crippen LogP contribution is -2.34. The SMILES string of the molecule is Cn1ccc2ccc(NC(=O)C[C@H]3NC(=O)N(CCc4ccccc4)C3=O)cc21. The molecule has 1 aliphatic rings. The summed E-state index contributed by atoms with van der Waals surface area (Å²) in [7, 11) is 1.94. The van der Waals surface area contributed by atoms with Crippen LogP contribution in [-0.2, 0) is 23.1 Å². The number of aromatic nitrogens is 1. The maximum atomic E-state index is 12.6. The molecule has 3 aromatic rings. The highest BCUT2D eigenvalue weighted by molar-refractivity contribution is 6.07. The third kappa shape index (κ3) is 3.99. The van der Waals surface area contributed by atoms with E-state index in [9.17, 15) is 14.4 Å². The maximum Gasteiger partial charge on any atom is 0.324 e. The van der Waals surface area contributed by atoms with Crippen LogP contribution in [0.2, 0.25) is 0 Å². The summed E-state index contributed by atoms with van der Waals surface area (Å²) in [6, 6.07) is 16.0. The predicted molar refractivity (Wildman–Crippen MR) is 110 cm³/mol. The number of carbonyl (C=O) groups is 3. The number of nitrogens with one attached hydrogen (secondary N) is 2. The van der Waals surface area contributed by atoms with Crippen LogP contribution in [0.1, 0.15) is 12.0 Å². The van der Waals surface area contributed by atoms with Gasteiger partial charge in [0.15, 0.2) is 0 Å². The fraction of sp³-hybridized carbons (Fsp3) is 0.227. The molecule has 148 valence electrons. The topological polar surface area (TPSA) is 83.4 Å². The van der Waals surface area contributed by atoms with Gasteiger partial charge in [-0.05, 0) is 35.6 Å². The number of hydrogen-bond donors (Lipinski definition) is 2. The van der Waals surface area contributed by atoms with Crippen molar-refractivity contribution in [1.29, 1.82) is 0 Å². The van der Waals surface area contributed by atoms with Crippen LogP contribution < -0.4 is 10.6 Å². The Bertz CT molecular complexity index is 1070. The lowest BCUT2D eigenvalue weighted by molar-refractivity contribution is -0.129. The Labute approximate surface area is 168 Å². The second-order valence-corrected chi connectivity index (χ2v) is 7.18. The Morgan fingerprint density at radius 1 is 1.10 bits per heavy atom. The van der Waals surface area contributed by atoms with E-state index in [2.05, 4.69) is 10.6 Å². The molecule has 2 N–H and O–H groups in total. The lowest BCUT2D eigenvalue weighted by Gasteiger charge is -2.13. The number of carbonyl (C=O) groups excluding carboxylic acids is 3. The van der Waals surface area contributed by atoms with E-state index < -0.39 is 12.1 Å². The first-order valence-electron chi connectivity index (χ1n) is 9.52. The summed E-state index contributed by atoms with van der Waals surface area (Å²) in [6.45, 7) is 0.289. The molecule has 1 fully saturated rings. The van der Waals surface area contributed by atoms with Crippen molar-refractivity contribution in [1.82, 2.24) is 14.8 Å². The Kier molecular flexibility index (Phi) is 5.03. The molecule has 7 nitrogen and oxygen atoms in total. The second-order valence-electron chi connectivity index (χ2n) is 7.18. The van der Waals surface area contributed by atoms with Crippen molar-refractivity contribution in [2.75, 3.05) is 11.9 Å². The molecule has 0 saturated carbocycles. The first-order chi connectivity index (χ1) is 14.0. The van der Waals surface area contributed by atoms with Crippen LogP contribution in [0.5, 0.6) is 0 Å². The fourth-order valence-electron chi connectivity index (χ4n) is 3.55. The number of hydrogen-bond acceptors (Lipinski definition) is 3. The number of benzene rings is 2. The van der Waals surface area contributed by atoms with Gasteiger partial charge in [0, 0.05) is 31.0 Å². The van der Waals surface area contributed by atoms with E-state index in [4.69, 9.17) is 0 Å². The number of anilines is 1. The number of amides is 4. The van der Waals surface area contributed by atoms with Crippen molar-refractivity contribution < 1.29 is 14.4 Å². The molecule has 1 aromatic heterocycles. The number of imide groups is 1. The molecule has 2 heterocycles. The zero-order valence-corrected chi connectivity index (χ0v) is 16.1. The molecule has 0 radical (unpaired) electrons. The molecular formula is C22H22N4O3. The van der Waals surface area contributed by atoms with Crippen LogP contribution in [0.4, 0.5) is 10.5 Å². The lowest BCUT2D eigenvalue weighted by atomic mass is 10.1. The molecule has 1 atom stereocenters. The van der Waals surface area contributed by atoms with E-state index in [1.165, 1.54) is 4.90 Å². The van der Waals surface area contributed by atoms with E-state index in [0.29, 0.717) is 12.1 Å². The summed E-state index contributed by atoms with van der Waals surface area (Å²) >= 11 is 0. The quantitative estimate of drug-likeness (QED) is 0.635. The van der Waals surface area contributed by atoms with Gasteiger partial charge >= 0.3 is 6.03 Å². The average molecular weight is 390 g/mol. The van der Waals surface area contributed by atoms with Gasteiger partial charge in [-0.2, -0.15) is 0 Å². The third-order valence-corrected chi connectivity index (χ3v) is 5.14. The van der Waals surface area contributed by atoms with E-state index in [1.54, 1.807) is 0 Å². The van der Waals surface area contributed by atoms with Gasteiger partial charge in [-0.1, -0.05) is 36.4 Å². The van der Waals surface area contributed by atoms with Gasteiger partial charge in [0.2, 0.25) is 5.91 Å². The minimum Gasteiger partial charge on any atom is -0.350 e. The van der Waals surface area contributed by atoms with Crippen LogP contribution >= 0.6 is 0 Å². The molecule has 0 spiro atoms. The standard InChI is InChI=1S/C22H22N4O3/c1-25-11-10-16-7-8-17(13-19(16)25)23-20(27)14-18-21(28)26(22(29)24-18)12-9-15-5-3-2-4-6-15/h2-8,10-11,13,18H,9,12,14H2,1H3,(H,23,27)(H,24,29)/t18-/m1/s1. The number of rotatable bonds is 6. The summed E-state index contributed by atoms with van der Waals surface area (Å²) in [5.41, 5.74) is 2.70. The molecule has 7 heteroatoms. The zero-order valence-electron chi connectivity index (χ0n) is 16.1. The number of nitrogens with zero attached hydrogens (tertiary/aromatic N) is 2. The molecule has 0 unspecified atom stereocenters. The van der Waals surface area contributed by atoms with Crippen molar-refractivity contribution in [2.45, 2.75) is 18.9 Å². The van der Waals surface area contributed by atoms with Gasteiger partial charge in [0.25, 0.3) is 5.91 Å². The Morgan fingerprint density at radius 3 is 2.69 bits per heavy atom. The van der Waals surface area contributed by atoms with Gasteiger partial charge in [-0.15, -0.1) is 0 Å². The monoisotopic (exact) mass is 390 g/mol. The van der Waals surface area contributed by atoms with Crippen LogP contribution in [0, 0.1) is 0 Å². The van der Waals surface area contributed by atoms with Gasteiger partial charge in [0.1, 0.15) is 6.04 Å². The minimum atomic E-state index is -0.836. The number of urea groups is 1. The van der Waals surface area contributed by atoms with Crippen molar-refractivity contribution >= 4 is 34.4 Å². The Balaban J connectivity index is 1.36. The summed E-state index contributed by atoms with van der Waals surface area (Å²) < 4.78 is 1.97. The average Bonchev–Trinajstić information content (AvgIpc) is 3.20. The van der Waals surface area contributed by atoms with Crippen molar-refractivity contribution in [2.24, 2.45) is 7.05 Å². The Morgan fingerprint density at radius 2 is 1.90 bits per heavy atom. The van der Waals surface area contributed by atoms with Gasteiger partial charge in [-0.3, -0.25) is 14.5 Å². The van der Waals surface area contributed by atoms with Crippen LogP contribution in [-0.4, -0.2) is 39.9 Å². The molecule has 29 heavy (non-hydrogen) atoms. The number of fused-ring (bicyclic) bond motifs is 1. The number of aryl methyl sites for hydroxylation is 1. The minimum absolute atomic E-state index is 0.0996. The molecule has 2 aromatic carbocycles. The molecule has 4 rings (SSSR count). The second kappa shape index (κ2) is 7.79. The molecular weight excluding hydrogens is 368 g/mol. The van der Waals surface area contributed by atoms with E-state index >= 15 is 0 Å². The molecule has 0 bridgehead atoms. The first-order valence-corrected chi connectivity index (χ1v) is 9.52. The van der Waals surface area contributed by atoms with Crippen LogP contribution in [0.25, 0.3) is 10.9 Å². The van der Waals surface area contributed by atoms with E-state index in [0.717, 1.165) is 16.5 Å². The molecule has 4 amide bonds. The highest BCUT2D eigenvalue weighted by Crippen LogP contribution is 2.20. The van der Waals surface area contributed by atoms with Crippen LogP contribution in [0.3, 0.4) is 0 Å². The predicted octanol–water partition coefficient (Wildman–Crippen LogP) is 2.67. The van der Waals surface area contributed by atoms with Gasteiger partial charge < -0.3 is 15.2 Å². The smallest absolute Gasteiger partial charge is 0.324 e. The molecule has 1 saturated heterocycles. The molecule has 0 aliphatic carbocycles. The third-order valence-electron chi connectivity index (χ3n) is 5.14. The van der Waals surface area contributed by atoms with Crippen molar-refractivity contribution in [3.63, 3.8) is 0 Å². The Hall–Kier alpha value is -3.61. The van der Waals surface area contributed by atoms with Gasteiger partial charge in [0.05, 0.1) is 6.42 Å². The summed E-state index contributed by atoms with van der Waals surface area (Å²) in [4.78, 5) is 38.3. The van der Waals surface area contributed by atoms with Gasteiger partial charge in [-0.25, -0.2) is 4.79 Å².